The van der Waals surface area contributed by atoms with Crippen LogP contribution in [0.2, 0.25) is 0 Å². The molecule has 1 fully saturated rings. The molecular weight excluding hydrogens is 242 g/mol. The predicted octanol–water partition coefficient (Wildman–Crippen LogP) is 0.535. The molecule has 0 radical (unpaired) electrons. The van der Waals surface area contributed by atoms with Gasteiger partial charge in [-0.3, -0.25) is 0 Å². The Morgan fingerprint density at radius 2 is 2.26 bits per heavy atom. The van der Waals surface area contributed by atoms with E-state index in [1.165, 1.54) is 0 Å². The highest BCUT2D eigenvalue weighted by molar-refractivity contribution is 5.84. The molecule has 19 heavy (non-hydrogen) atoms. The molecule has 7 heteroatoms. The molecule has 2 aromatic rings. The minimum Gasteiger partial charge on any atom is -0.357 e. The maximum atomic E-state index is 4.58. The monoisotopic (exact) mass is 261 g/mol. The molecule has 0 amide bonds. The van der Waals surface area contributed by atoms with E-state index in [1.807, 2.05) is 7.05 Å². The second-order valence-electron chi connectivity index (χ2n) is 5.07. The van der Waals surface area contributed by atoms with Gasteiger partial charge in [-0.2, -0.15) is 9.97 Å². The standard InChI is InChI=1S/C12H19N7/c1-13-12-16-10-9(14-7-15-10)11(17-12)19-5-4-8(6-19)18(2)3/h7-8H,4-6H2,1-3H3,(H2,13,14,15,16,17). The van der Waals surface area contributed by atoms with Crippen molar-refractivity contribution in [2.45, 2.75) is 12.5 Å². The molecule has 2 aromatic heterocycles. The van der Waals surface area contributed by atoms with Crippen LogP contribution in [0.15, 0.2) is 6.33 Å². The highest BCUT2D eigenvalue weighted by atomic mass is 15.3. The zero-order valence-electron chi connectivity index (χ0n) is 11.5. The normalized spacial score (nSPS) is 19.6. The van der Waals surface area contributed by atoms with E-state index in [9.17, 15) is 0 Å². The second-order valence-corrected chi connectivity index (χ2v) is 5.07. The molecule has 0 aliphatic carbocycles. The molecule has 1 saturated heterocycles. The van der Waals surface area contributed by atoms with Gasteiger partial charge in [-0.25, -0.2) is 4.98 Å². The van der Waals surface area contributed by atoms with E-state index < -0.39 is 0 Å². The number of nitrogens with one attached hydrogen (secondary N) is 2. The van der Waals surface area contributed by atoms with Crippen molar-refractivity contribution in [2.24, 2.45) is 0 Å². The van der Waals surface area contributed by atoms with Crippen LogP contribution in [0, 0.1) is 0 Å². The number of hydrogen-bond donors (Lipinski definition) is 2. The van der Waals surface area contributed by atoms with E-state index in [0.717, 1.165) is 30.8 Å². The summed E-state index contributed by atoms with van der Waals surface area (Å²) >= 11 is 0. The van der Waals surface area contributed by atoms with Gasteiger partial charge in [0.2, 0.25) is 5.95 Å². The number of hydrogen-bond acceptors (Lipinski definition) is 6. The Kier molecular flexibility index (Phi) is 2.98. The molecule has 3 rings (SSSR count). The first-order valence-electron chi connectivity index (χ1n) is 6.49. The fourth-order valence-electron chi connectivity index (χ4n) is 2.51. The summed E-state index contributed by atoms with van der Waals surface area (Å²) in [6.07, 6.45) is 2.82. The van der Waals surface area contributed by atoms with Gasteiger partial charge in [0.05, 0.1) is 6.33 Å². The fourth-order valence-corrected chi connectivity index (χ4v) is 2.51. The molecule has 3 heterocycles. The van der Waals surface area contributed by atoms with Gasteiger partial charge in [0.15, 0.2) is 11.5 Å². The third kappa shape index (κ3) is 2.10. The zero-order valence-corrected chi connectivity index (χ0v) is 11.5. The van der Waals surface area contributed by atoms with E-state index in [4.69, 9.17) is 0 Å². The van der Waals surface area contributed by atoms with Crippen molar-refractivity contribution >= 4 is 22.9 Å². The van der Waals surface area contributed by atoms with Crippen molar-refractivity contribution in [1.29, 1.82) is 0 Å². The van der Waals surface area contributed by atoms with Gasteiger partial charge in [0, 0.05) is 26.2 Å². The summed E-state index contributed by atoms with van der Waals surface area (Å²) in [5.41, 5.74) is 1.63. The van der Waals surface area contributed by atoms with Gasteiger partial charge in [0.25, 0.3) is 0 Å². The van der Waals surface area contributed by atoms with E-state index in [2.05, 4.69) is 49.1 Å². The minimum absolute atomic E-state index is 0.575. The number of aromatic amines is 1. The smallest absolute Gasteiger partial charge is 0.226 e. The van der Waals surface area contributed by atoms with Crippen LogP contribution in [0.5, 0.6) is 0 Å². The Morgan fingerprint density at radius 1 is 1.42 bits per heavy atom. The summed E-state index contributed by atoms with van der Waals surface area (Å²) in [6.45, 7) is 2.00. The Balaban J connectivity index is 1.98. The van der Waals surface area contributed by atoms with Crippen LogP contribution >= 0.6 is 0 Å². The lowest BCUT2D eigenvalue weighted by molar-refractivity contribution is 0.315. The Labute approximate surface area is 112 Å². The number of fused-ring (bicyclic) bond motifs is 1. The van der Waals surface area contributed by atoms with Crippen LogP contribution in [-0.4, -0.2) is 65.1 Å². The summed E-state index contributed by atoms with van der Waals surface area (Å²) in [5, 5.41) is 2.99. The lowest BCUT2D eigenvalue weighted by atomic mass is 10.2. The molecular formula is C12H19N7. The largest absolute Gasteiger partial charge is 0.357 e. The summed E-state index contributed by atoms with van der Waals surface area (Å²) in [4.78, 5) is 20.9. The van der Waals surface area contributed by atoms with Crippen molar-refractivity contribution < 1.29 is 0 Å². The Hall–Kier alpha value is -1.89. The van der Waals surface area contributed by atoms with Crippen molar-refractivity contribution in [3.8, 4) is 0 Å². The third-order valence-corrected chi connectivity index (χ3v) is 3.68. The van der Waals surface area contributed by atoms with Crippen molar-refractivity contribution in [2.75, 3.05) is 44.4 Å². The molecule has 7 nitrogen and oxygen atoms in total. The molecule has 2 N–H and O–H groups in total. The van der Waals surface area contributed by atoms with Gasteiger partial charge in [-0.15, -0.1) is 0 Å². The molecule has 0 aromatic carbocycles. The topological polar surface area (TPSA) is 73.0 Å². The summed E-state index contributed by atoms with van der Waals surface area (Å²) < 4.78 is 0. The molecule has 1 aliphatic rings. The van der Waals surface area contributed by atoms with Gasteiger partial charge < -0.3 is 20.1 Å². The first kappa shape index (κ1) is 12.2. The summed E-state index contributed by atoms with van der Waals surface area (Å²) in [7, 11) is 6.07. The highest BCUT2D eigenvalue weighted by Gasteiger charge is 2.27. The molecule has 1 aliphatic heterocycles. The number of anilines is 2. The number of H-pyrrole nitrogens is 1. The zero-order chi connectivity index (χ0) is 13.4. The molecule has 0 spiro atoms. The fraction of sp³-hybridized carbons (Fsp3) is 0.583. The van der Waals surface area contributed by atoms with E-state index in [0.29, 0.717) is 17.6 Å². The molecule has 0 bridgehead atoms. The van der Waals surface area contributed by atoms with E-state index in [1.54, 1.807) is 6.33 Å². The first-order chi connectivity index (χ1) is 9.19. The van der Waals surface area contributed by atoms with Gasteiger partial charge >= 0.3 is 0 Å². The lowest BCUT2D eigenvalue weighted by Gasteiger charge is -2.21. The van der Waals surface area contributed by atoms with Crippen LogP contribution in [0.4, 0.5) is 11.8 Å². The number of nitrogens with zero attached hydrogens (tertiary/aromatic N) is 5. The molecule has 1 unspecified atom stereocenters. The van der Waals surface area contributed by atoms with Crippen LogP contribution in [0.25, 0.3) is 11.2 Å². The van der Waals surface area contributed by atoms with Crippen molar-refractivity contribution in [3.05, 3.63) is 6.33 Å². The average molecular weight is 261 g/mol. The molecule has 102 valence electrons. The Bertz CT molecular complexity index is 576. The number of imidazole rings is 1. The van der Waals surface area contributed by atoms with Crippen LogP contribution in [-0.2, 0) is 0 Å². The first-order valence-corrected chi connectivity index (χ1v) is 6.49. The van der Waals surface area contributed by atoms with Gasteiger partial charge in [-0.1, -0.05) is 0 Å². The predicted molar refractivity (Wildman–Crippen MR) is 75.5 cm³/mol. The third-order valence-electron chi connectivity index (χ3n) is 3.68. The molecule has 0 saturated carbocycles. The van der Waals surface area contributed by atoms with Crippen LogP contribution < -0.4 is 10.2 Å². The van der Waals surface area contributed by atoms with Crippen molar-refractivity contribution in [1.82, 2.24) is 24.8 Å². The van der Waals surface area contributed by atoms with Crippen LogP contribution in [0.3, 0.4) is 0 Å². The van der Waals surface area contributed by atoms with E-state index >= 15 is 0 Å². The number of aromatic nitrogens is 4. The molecule has 1 atom stereocenters. The quantitative estimate of drug-likeness (QED) is 0.840. The van der Waals surface area contributed by atoms with Crippen LogP contribution in [0.1, 0.15) is 6.42 Å². The highest BCUT2D eigenvalue weighted by Crippen LogP contribution is 2.26. The van der Waals surface area contributed by atoms with Gasteiger partial charge in [0.1, 0.15) is 5.52 Å². The van der Waals surface area contributed by atoms with Gasteiger partial charge in [-0.05, 0) is 20.5 Å². The maximum absolute atomic E-state index is 4.58. The summed E-state index contributed by atoms with van der Waals surface area (Å²) in [5.74, 6) is 1.55. The second kappa shape index (κ2) is 4.65. The summed E-state index contributed by atoms with van der Waals surface area (Å²) in [6, 6.07) is 0.575. The minimum atomic E-state index is 0.575. The number of rotatable bonds is 3. The van der Waals surface area contributed by atoms with E-state index in [-0.39, 0.29) is 0 Å². The number of likely N-dealkylation sites (N-methyl/N-ethyl adjacent to an activating group) is 1. The maximum Gasteiger partial charge on any atom is 0.226 e. The SMILES string of the molecule is CNc1nc(N2CCC(N(C)C)C2)c2[nH]cnc2n1. The average Bonchev–Trinajstić information content (AvgIpc) is 3.06. The van der Waals surface area contributed by atoms with Crippen molar-refractivity contribution in [3.63, 3.8) is 0 Å². The lowest BCUT2D eigenvalue weighted by Crippen LogP contribution is -2.31. The Morgan fingerprint density at radius 3 is 2.95 bits per heavy atom.